The smallest absolute Gasteiger partial charge is 0.236 e. The summed E-state index contributed by atoms with van der Waals surface area (Å²) in [5, 5.41) is 8.39. The normalized spacial score (nSPS) is 21.7. The summed E-state index contributed by atoms with van der Waals surface area (Å²) >= 11 is 1.35. The van der Waals surface area contributed by atoms with Crippen molar-refractivity contribution in [2.45, 2.75) is 43.6 Å². The minimum atomic E-state index is -3.00. The molecule has 1 aliphatic rings. The fourth-order valence-electron chi connectivity index (χ4n) is 2.55. The largest absolute Gasteiger partial charge is 0.338 e. The molecule has 0 aliphatic carbocycles. The van der Waals surface area contributed by atoms with E-state index in [0.717, 1.165) is 5.82 Å². The van der Waals surface area contributed by atoms with Crippen molar-refractivity contribution in [1.82, 2.24) is 19.7 Å². The van der Waals surface area contributed by atoms with Gasteiger partial charge >= 0.3 is 0 Å². The van der Waals surface area contributed by atoms with Gasteiger partial charge < -0.3 is 9.47 Å². The third-order valence-corrected chi connectivity index (χ3v) is 6.83. The highest BCUT2D eigenvalue weighted by Gasteiger charge is 2.35. The third kappa shape index (κ3) is 3.62. The molecule has 0 spiro atoms. The van der Waals surface area contributed by atoms with E-state index in [1.807, 2.05) is 32.4 Å². The van der Waals surface area contributed by atoms with Crippen molar-refractivity contribution in [3.05, 3.63) is 5.82 Å². The molecule has 124 valence electrons. The van der Waals surface area contributed by atoms with Crippen LogP contribution in [0.15, 0.2) is 5.16 Å². The first-order valence-electron chi connectivity index (χ1n) is 7.28. The van der Waals surface area contributed by atoms with Gasteiger partial charge in [-0.15, -0.1) is 10.2 Å². The molecule has 0 aromatic carbocycles. The van der Waals surface area contributed by atoms with Crippen molar-refractivity contribution in [2.24, 2.45) is 7.05 Å². The van der Waals surface area contributed by atoms with E-state index in [0.29, 0.717) is 18.1 Å². The summed E-state index contributed by atoms with van der Waals surface area (Å²) in [6.07, 6.45) is 0.530. The molecule has 22 heavy (non-hydrogen) atoms. The maximum absolute atomic E-state index is 12.6. The molecule has 2 atom stereocenters. The van der Waals surface area contributed by atoms with E-state index in [2.05, 4.69) is 10.2 Å². The Balaban J connectivity index is 2.06. The summed E-state index contributed by atoms with van der Waals surface area (Å²) in [5.74, 6) is 0.991. The lowest BCUT2D eigenvalue weighted by Crippen LogP contribution is -2.44. The molecule has 0 N–H and O–H groups in total. The van der Waals surface area contributed by atoms with Gasteiger partial charge in [-0.1, -0.05) is 11.8 Å². The van der Waals surface area contributed by atoms with Crippen LogP contribution in [0, 0.1) is 6.92 Å². The molecule has 0 bridgehead atoms. The average Bonchev–Trinajstić information content (AvgIpc) is 2.96. The first-order chi connectivity index (χ1) is 10.2. The van der Waals surface area contributed by atoms with E-state index < -0.39 is 9.84 Å². The summed E-state index contributed by atoms with van der Waals surface area (Å²) in [7, 11) is -1.14. The fourth-order valence-corrected chi connectivity index (χ4v) is 5.21. The molecule has 0 unspecified atom stereocenters. The Morgan fingerprint density at radius 1 is 1.50 bits per heavy atom. The number of carbonyl (C=O) groups excluding carboxylic acids is 1. The molecule has 1 aromatic rings. The van der Waals surface area contributed by atoms with Crippen LogP contribution >= 0.6 is 11.8 Å². The Kier molecular flexibility index (Phi) is 5.16. The molecule has 7 nitrogen and oxygen atoms in total. The number of thioether (sulfide) groups is 1. The Morgan fingerprint density at radius 3 is 2.64 bits per heavy atom. The zero-order valence-corrected chi connectivity index (χ0v) is 14.9. The van der Waals surface area contributed by atoms with Crippen LogP contribution in [0.2, 0.25) is 0 Å². The molecular weight excluding hydrogens is 324 g/mol. The number of hydrogen-bond acceptors (Lipinski definition) is 6. The second-order valence-corrected chi connectivity index (χ2v) is 9.07. The summed E-state index contributed by atoms with van der Waals surface area (Å²) < 4.78 is 25.1. The predicted octanol–water partition coefficient (Wildman–Crippen LogP) is 0.640. The van der Waals surface area contributed by atoms with E-state index >= 15 is 0 Å². The number of rotatable bonds is 5. The van der Waals surface area contributed by atoms with Gasteiger partial charge in [0, 0.05) is 19.6 Å². The van der Waals surface area contributed by atoms with Gasteiger partial charge in [0.15, 0.2) is 15.0 Å². The molecule has 1 fully saturated rings. The van der Waals surface area contributed by atoms with Crippen LogP contribution in [0.3, 0.4) is 0 Å². The van der Waals surface area contributed by atoms with E-state index in [4.69, 9.17) is 0 Å². The Labute approximate surface area is 135 Å². The van der Waals surface area contributed by atoms with Crippen LogP contribution in [-0.4, -0.2) is 63.3 Å². The SMILES string of the molecule is CCN(C(=O)[C@H](C)Sc1nnc(C)n1C)[C@@H]1CCS(=O)(=O)C1. The summed E-state index contributed by atoms with van der Waals surface area (Å²) in [6, 6.07) is -0.202. The number of aryl methyl sites for hydroxylation is 1. The van der Waals surface area contributed by atoms with Crippen LogP contribution in [-0.2, 0) is 21.7 Å². The van der Waals surface area contributed by atoms with Crippen molar-refractivity contribution < 1.29 is 13.2 Å². The molecule has 0 saturated carbocycles. The molecule has 2 rings (SSSR count). The standard InChI is InChI=1S/C13H22N4O3S2/c1-5-17(11-6-7-22(19,20)8-11)12(18)9(2)21-13-15-14-10(3)16(13)4/h9,11H,5-8H2,1-4H3/t9-,11+/m0/s1. The predicted molar refractivity (Wildman–Crippen MR) is 85.5 cm³/mol. The van der Waals surface area contributed by atoms with Crippen LogP contribution in [0.5, 0.6) is 0 Å². The first kappa shape index (κ1) is 17.3. The van der Waals surface area contributed by atoms with E-state index in [1.165, 1.54) is 11.8 Å². The summed E-state index contributed by atoms with van der Waals surface area (Å²) in [4.78, 5) is 14.3. The van der Waals surface area contributed by atoms with E-state index in [9.17, 15) is 13.2 Å². The quantitative estimate of drug-likeness (QED) is 0.728. The third-order valence-electron chi connectivity index (χ3n) is 3.96. The second kappa shape index (κ2) is 6.57. The Hall–Kier alpha value is -1.09. The van der Waals surface area contributed by atoms with Gasteiger partial charge in [0.25, 0.3) is 0 Å². The van der Waals surface area contributed by atoms with Crippen LogP contribution in [0.25, 0.3) is 0 Å². The van der Waals surface area contributed by atoms with Gasteiger partial charge in [0.2, 0.25) is 5.91 Å². The van der Waals surface area contributed by atoms with Gasteiger partial charge in [-0.05, 0) is 27.2 Å². The summed E-state index contributed by atoms with van der Waals surface area (Å²) in [6.45, 7) is 6.07. The van der Waals surface area contributed by atoms with Crippen molar-refractivity contribution in [3.8, 4) is 0 Å². The number of amides is 1. The lowest BCUT2D eigenvalue weighted by molar-refractivity contribution is -0.131. The summed E-state index contributed by atoms with van der Waals surface area (Å²) in [5.41, 5.74) is 0. The maximum atomic E-state index is 12.6. The first-order valence-corrected chi connectivity index (χ1v) is 9.98. The number of carbonyl (C=O) groups is 1. The number of hydrogen-bond donors (Lipinski definition) is 0. The zero-order valence-electron chi connectivity index (χ0n) is 13.3. The Morgan fingerprint density at radius 2 is 2.18 bits per heavy atom. The van der Waals surface area contributed by atoms with Crippen LogP contribution in [0.4, 0.5) is 0 Å². The minimum absolute atomic E-state index is 0.0461. The highest BCUT2D eigenvalue weighted by Crippen LogP contribution is 2.25. The highest BCUT2D eigenvalue weighted by atomic mass is 32.2. The van der Waals surface area contributed by atoms with Gasteiger partial charge in [-0.3, -0.25) is 4.79 Å². The topological polar surface area (TPSA) is 85.2 Å². The lowest BCUT2D eigenvalue weighted by Gasteiger charge is -2.29. The monoisotopic (exact) mass is 346 g/mol. The van der Waals surface area contributed by atoms with Gasteiger partial charge in [0.05, 0.1) is 16.8 Å². The number of sulfone groups is 1. The van der Waals surface area contributed by atoms with Crippen molar-refractivity contribution >= 4 is 27.5 Å². The van der Waals surface area contributed by atoms with Gasteiger partial charge in [-0.25, -0.2) is 8.42 Å². The van der Waals surface area contributed by atoms with E-state index in [-0.39, 0.29) is 28.7 Å². The fraction of sp³-hybridized carbons (Fsp3) is 0.769. The number of aromatic nitrogens is 3. The van der Waals surface area contributed by atoms with Crippen molar-refractivity contribution in [3.63, 3.8) is 0 Å². The molecule has 1 amide bonds. The van der Waals surface area contributed by atoms with Crippen LogP contribution < -0.4 is 0 Å². The zero-order chi connectivity index (χ0) is 16.5. The maximum Gasteiger partial charge on any atom is 0.236 e. The second-order valence-electron chi connectivity index (χ2n) is 5.53. The van der Waals surface area contributed by atoms with Crippen LogP contribution in [0.1, 0.15) is 26.1 Å². The molecular formula is C13H22N4O3S2. The highest BCUT2D eigenvalue weighted by molar-refractivity contribution is 8.00. The molecule has 1 aliphatic heterocycles. The van der Waals surface area contributed by atoms with Gasteiger partial charge in [0.1, 0.15) is 5.82 Å². The lowest BCUT2D eigenvalue weighted by atomic mass is 10.2. The van der Waals surface area contributed by atoms with Crippen molar-refractivity contribution in [1.29, 1.82) is 0 Å². The van der Waals surface area contributed by atoms with Gasteiger partial charge in [-0.2, -0.15) is 0 Å². The average molecular weight is 346 g/mol. The Bertz CT molecular complexity index is 656. The molecule has 1 saturated heterocycles. The van der Waals surface area contributed by atoms with E-state index in [1.54, 1.807) is 4.90 Å². The number of nitrogens with zero attached hydrogens (tertiary/aromatic N) is 4. The van der Waals surface area contributed by atoms with Crippen molar-refractivity contribution in [2.75, 3.05) is 18.1 Å². The minimum Gasteiger partial charge on any atom is -0.338 e. The molecule has 0 radical (unpaired) electrons. The molecule has 1 aromatic heterocycles. The molecule has 9 heteroatoms. The molecule has 2 heterocycles.